The Kier molecular flexibility index (Phi) is 7.63. The van der Waals surface area contributed by atoms with E-state index in [-0.39, 0.29) is 21.6 Å². The number of hydrogen-bond donors (Lipinski definition) is 4. The minimum atomic E-state index is -2.53. The average Bonchev–Trinajstić information content (AvgIpc) is 2.50. The molecule has 160 valence electrons. The second-order valence-corrected chi connectivity index (χ2v) is 21.9. The largest absolute Gasteiger partial charge is 0.462 e. The van der Waals surface area contributed by atoms with Crippen LogP contribution in [-0.2, 0) is 4.74 Å². The maximum Gasteiger partial charge on any atom is 0.132 e. The molecule has 5 nitrogen and oxygen atoms in total. The van der Waals surface area contributed by atoms with E-state index in [1.165, 1.54) is 0 Å². The van der Waals surface area contributed by atoms with Crippen molar-refractivity contribution in [1.29, 1.82) is 0 Å². The Morgan fingerprint density at radius 3 is 1.07 bits per heavy atom. The molecule has 0 rings (SSSR count). The number of rotatable bonds is 8. The van der Waals surface area contributed by atoms with Crippen LogP contribution in [-0.4, -0.2) is 60.2 Å². The molecule has 0 radical (unpaired) electrons. The fourth-order valence-corrected chi connectivity index (χ4v) is 7.60. The van der Waals surface area contributed by atoms with Crippen molar-refractivity contribution < 1.29 is 25.2 Å². The highest BCUT2D eigenvalue weighted by Crippen LogP contribution is 2.48. The van der Waals surface area contributed by atoms with Crippen LogP contribution in [0.1, 0.15) is 41.5 Å². The van der Waals surface area contributed by atoms with E-state index in [0.29, 0.717) is 0 Å². The predicted molar refractivity (Wildman–Crippen MR) is 118 cm³/mol. The van der Waals surface area contributed by atoms with E-state index < -0.39 is 39.8 Å². The molecular formula is C20H42O5Si2. The number of hydrogen-bond acceptors (Lipinski definition) is 5. The Labute approximate surface area is 167 Å². The molecule has 0 aromatic rings. The second-order valence-electron chi connectivity index (χ2n) is 10.7. The molecule has 27 heavy (non-hydrogen) atoms. The summed E-state index contributed by atoms with van der Waals surface area (Å²) in [6.45, 7) is 26.6. The van der Waals surface area contributed by atoms with Crippen molar-refractivity contribution in [2.75, 3.05) is 13.2 Å². The first-order valence-electron chi connectivity index (χ1n) is 9.40. The molecule has 7 heteroatoms. The quantitative estimate of drug-likeness (QED) is 0.357. The summed E-state index contributed by atoms with van der Waals surface area (Å²) in [7, 11) is -5.07. The topological polar surface area (TPSA) is 90.2 Å². The van der Waals surface area contributed by atoms with E-state index in [4.69, 9.17) is 4.74 Å². The van der Waals surface area contributed by atoms with Crippen LogP contribution in [0.25, 0.3) is 0 Å². The van der Waals surface area contributed by atoms with Gasteiger partial charge in [-0.1, -0.05) is 80.9 Å². The molecule has 0 saturated heterocycles. The van der Waals surface area contributed by atoms with E-state index >= 15 is 0 Å². The molecule has 2 unspecified atom stereocenters. The van der Waals surface area contributed by atoms with Gasteiger partial charge < -0.3 is 25.2 Å². The monoisotopic (exact) mass is 418 g/mol. The summed E-state index contributed by atoms with van der Waals surface area (Å²) in [5, 5.41) is 38.9. The van der Waals surface area contributed by atoms with Gasteiger partial charge in [0.2, 0.25) is 0 Å². The van der Waals surface area contributed by atoms with Gasteiger partial charge in [-0.2, -0.15) is 0 Å². The van der Waals surface area contributed by atoms with Gasteiger partial charge in [-0.3, -0.25) is 0 Å². The summed E-state index contributed by atoms with van der Waals surface area (Å²) >= 11 is 0. The molecule has 0 aliphatic rings. The lowest BCUT2D eigenvalue weighted by Crippen LogP contribution is -2.65. The van der Waals surface area contributed by atoms with Crippen LogP contribution < -0.4 is 0 Å². The van der Waals surface area contributed by atoms with Gasteiger partial charge in [0.1, 0.15) is 38.1 Å². The first-order chi connectivity index (χ1) is 11.7. The van der Waals surface area contributed by atoms with Crippen LogP contribution in [0.3, 0.4) is 0 Å². The fourth-order valence-electron chi connectivity index (χ4n) is 2.83. The standard InChI is InChI=1S/C20H42O5Si2/c1-15(19(23,13-21)26(9,10)17(3,4)5)25-16(2)20(24,14-22)27(11,12)18(6,7)8/h21-24H,1-2,13-14H2,3-12H3. The molecule has 0 aliphatic heterocycles. The predicted octanol–water partition coefficient (Wildman–Crippen LogP) is 3.57. The van der Waals surface area contributed by atoms with Crippen LogP contribution in [0.15, 0.2) is 24.7 Å². The smallest absolute Gasteiger partial charge is 0.132 e. The lowest BCUT2D eigenvalue weighted by molar-refractivity contribution is -0.00292. The maximum atomic E-state index is 11.3. The molecule has 0 aromatic heterocycles. The van der Waals surface area contributed by atoms with Gasteiger partial charge in [0.25, 0.3) is 0 Å². The minimum absolute atomic E-state index is 0.0350. The molecule has 0 amide bonds. The molecule has 0 aliphatic carbocycles. The van der Waals surface area contributed by atoms with Gasteiger partial charge in [-0.25, -0.2) is 0 Å². The number of aliphatic hydroxyl groups is 4. The summed E-state index contributed by atoms with van der Waals surface area (Å²) in [6, 6.07) is 0. The van der Waals surface area contributed by atoms with Gasteiger partial charge in [-0.15, -0.1) is 0 Å². The zero-order valence-corrected chi connectivity index (χ0v) is 21.0. The Morgan fingerprint density at radius 1 is 0.704 bits per heavy atom. The molecule has 0 spiro atoms. The molecule has 0 fully saturated rings. The van der Waals surface area contributed by atoms with Crippen molar-refractivity contribution in [1.82, 2.24) is 0 Å². The van der Waals surface area contributed by atoms with Gasteiger partial charge >= 0.3 is 0 Å². The van der Waals surface area contributed by atoms with Crippen molar-refractivity contribution in [2.24, 2.45) is 0 Å². The molecule has 4 N–H and O–H groups in total. The molecule has 2 atom stereocenters. The van der Waals surface area contributed by atoms with Gasteiger partial charge in [-0.05, 0) is 10.1 Å². The van der Waals surface area contributed by atoms with Crippen LogP contribution in [0.5, 0.6) is 0 Å². The zero-order chi connectivity index (χ0) is 22.3. The third-order valence-corrected chi connectivity index (χ3v) is 20.0. The van der Waals surface area contributed by atoms with E-state index in [9.17, 15) is 20.4 Å². The highest BCUT2D eigenvalue weighted by molar-refractivity contribution is 6.84. The van der Waals surface area contributed by atoms with Gasteiger partial charge in [0.05, 0.1) is 13.2 Å². The van der Waals surface area contributed by atoms with E-state index in [1.807, 2.05) is 67.7 Å². The molecule has 0 aromatic carbocycles. The SMILES string of the molecule is C=C(OC(=C)C(O)(CO)[Si](C)(C)C(C)(C)C)C(O)(CO)[Si](C)(C)C(C)(C)C. The number of ether oxygens (including phenoxy) is 1. The Hall–Kier alpha value is -0.446. The minimum Gasteiger partial charge on any atom is -0.462 e. The highest BCUT2D eigenvalue weighted by atomic mass is 28.3. The lowest BCUT2D eigenvalue weighted by Gasteiger charge is -2.51. The van der Waals surface area contributed by atoms with E-state index in [1.54, 1.807) is 0 Å². The van der Waals surface area contributed by atoms with Crippen molar-refractivity contribution in [3.8, 4) is 0 Å². The normalized spacial score (nSPS) is 18.4. The summed E-state index contributed by atoms with van der Waals surface area (Å²) in [4.78, 5) is 0. The van der Waals surface area contributed by atoms with Gasteiger partial charge in [0.15, 0.2) is 0 Å². The van der Waals surface area contributed by atoms with E-state index in [0.717, 1.165) is 0 Å². The molecule has 0 heterocycles. The van der Waals surface area contributed by atoms with Crippen molar-refractivity contribution in [2.45, 2.75) is 88.3 Å². The maximum absolute atomic E-state index is 11.3. The third kappa shape index (κ3) is 4.28. The van der Waals surface area contributed by atoms with Crippen LogP contribution >= 0.6 is 0 Å². The summed E-state index contributed by atoms with van der Waals surface area (Å²) in [5.74, 6) is -0.0700. The molecule has 0 bridgehead atoms. The van der Waals surface area contributed by atoms with Crippen LogP contribution in [0.2, 0.25) is 36.3 Å². The third-order valence-electron chi connectivity index (χ3n) is 7.44. The van der Waals surface area contributed by atoms with Crippen molar-refractivity contribution >= 4 is 16.1 Å². The van der Waals surface area contributed by atoms with E-state index in [2.05, 4.69) is 13.2 Å². The zero-order valence-electron chi connectivity index (χ0n) is 19.0. The molecular weight excluding hydrogens is 376 g/mol. The van der Waals surface area contributed by atoms with Crippen molar-refractivity contribution in [3.63, 3.8) is 0 Å². The second kappa shape index (κ2) is 7.76. The molecule has 0 saturated carbocycles. The lowest BCUT2D eigenvalue weighted by atomic mass is 10.2. The van der Waals surface area contributed by atoms with Crippen LogP contribution in [0, 0.1) is 0 Å². The summed E-state index contributed by atoms with van der Waals surface area (Å²) < 4.78 is 5.79. The number of aliphatic hydroxyl groups excluding tert-OH is 2. The Bertz CT molecular complexity index is 522. The average molecular weight is 419 g/mol. The highest BCUT2D eigenvalue weighted by Gasteiger charge is 2.58. The Morgan fingerprint density at radius 2 is 0.926 bits per heavy atom. The Balaban J connectivity index is 6.01. The van der Waals surface area contributed by atoms with Gasteiger partial charge in [0, 0.05) is 0 Å². The first-order valence-corrected chi connectivity index (χ1v) is 15.4. The first kappa shape index (κ1) is 26.6. The van der Waals surface area contributed by atoms with Crippen LogP contribution in [0.4, 0.5) is 0 Å². The fraction of sp³-hybridized carbons (Fsp3) is 0.800. The summed E-state index contributed by atoms with van der Waals surface area (Å²) in [5.41, 5.74) is 0. The van der Waals surface area contributed by atoms with Crippen molar-refractivity contribution in [3.05, 3.63) is 24.7 Å². The summed E-state index contributed by atoms with van der Waals surface area (Å²) in [6.07, 6.45) is 0.